The highest BCUT2D eigenvalue weighted by atomic mass is 32.2. The van der Waals surface area contributed by atoms with Crippen LogP contribution in [0, 0.1) is 6.92 Å². The van der Waals surface area contributed by atoms with E-state index in [0.29, 0.717) is 17.6 Å². The minimum absolute atomic E-state index is 0.0963. The molecule has 0 aliphatic rings. The summed E-state index contributed by atoms with van der Waals surface area (Å²) in [4.78, 5) is 17.0. The van der Waals surface area contributed by atoms with Crippen molar-refractivity contribution in [3.8, 4) is 22.8 Å². The Morgan fingerprint density at radius 3 is 2.48 bits per heavy atom. The number of anilines is 1. The number of rotatable bonds is 8. The second-order valence-electron chi connectivity index (χ2n) is 7.37. The van der Waals surface area contributed by atoms with Crippen LogP contribution in [0.4, 0.5) is 5.69 Å². The van der Waals surface area contributed by atoms with E-state index < -0.39 is 0 Å². The van der Waals surface area contributed by atoms with Crippen LogP contribution in [-0.4, -0.2) is 37.5 Å². The van der Waals surface area contributed by atoms with Crippen molar-refractivity contribution in [3.05, 3.63) is 78.6 Å². The van der Waals surface area contributed by atoms with Gasteiger partial charge in [-0.25, -0.2) is 0 Å². The minimum atomic E-state index is -0.388. The fourth-order valence-corrected chi connectivity index (χ4v) is 4.15. The van der Waals surface area contributed by atoms with Crippen LogP contribution in [-0.2, 0) is 4.79 Å². The quantitative estimate of drug-likeness (QED) is 0.367. The summed E-state index contributed by atoms with van der Waals surface area (Å²) in [5, 5.41) is 12.1. The zero-order chi connectivity index (χ0) is 23.2. The molecule has 8 heteroatoms. The molecule has 33 heavy (non-hydrogen) atoms. The monoisotopic (exact) mass is 459 g/mol. The largest absolute Gasteiger partial charge is 0.494 e. The minimum Gasteiger partial charge on any atom is -0.494 e. The molecule has 2 aromatic heterocycles. The summed E-state index contributed by atoms with van der Waals surface area (Å²) in [6.45, 7) is 6.38. The first kappa shape index (κ1) is 22.5. The van der Waals surface area contributed by atoms with E-state index in [4.69, 9.17) is 4.74 Å². The van der Waals surface area contributed by atoms with E-state index >= 15 is 0 Å². The third kappa shape index (κ3) is 5.23. The van der Waals surface area contributed by atoms with Gasteiger partial charge in [0, 0.05) is 29.3 Å². The fourth-order valence-electron chi connectivity index (χ4n) is 3.28. The van der Waals surface area contributed by atoms with Crippen molar-refractivity contribution >= 4 is 23.4 Å². The van der Waals surface area contributed by atoms with Crippen molar-refractivity contribution in [2.45, 2.75) is 31.2 Å². The maximum atomic E-state index is 12.9. The van der Waals surface area contributed by atoms with Crippen molar-refractivity contribution in [1.82, 2.24) is 19.7 Å². The van der Waals surface area contributed by atoms with Crippen LogP contribution in [0.1, 0.15) is 19.4 Å². The van der Waals surface area contributed by atoms with Crippen LogP contribution in [0.3, 0.4) is 0 Å². The number of pyridine rings is 1. The van der Waals surface area contributed by atoms with E-state index in [0.717, 1.165) is 28.3 Å². The lowest BCUT2D eigenvalue weighted by atomic mass is 10.2. The van der Waals surface area contributed by atoms with Crippen LogP contribution in [0.5, 0.6) is 5.75 Å². The van der Waals surface area contributed by atoms with Gasteiger partial charge in [0.15, 0.2) is 11.0 Å². The molecule has 2 heterocycles. The molecule has 2 aromatic carbocycles. The Kier molecular flexibility index (Phi) is 7.04. The molecule has 1 N–H and O–H groups in total. The Morgan fingerprint density at radius 2 is 1.79 bits per heavy atom. The Labute approximate surface area is 197 Å². The van der Waals surface area contributed by atoms with Gasteiger partial charge in [-0.2, -0.15) is 0 Å². The molecule has 168 valence electrons. The summed E-state index contributed by atoms with van der Waals surface area (Å²) in [5.74, 6) is 1.37. The number of ether oxygens (including phenoxy) is 1. The lowest BCUT2D eigenvalue weighted by Gasteiger charge is -2.15. The normalized spacial score (nSPS) is 11.7. The molecule has 0 saturated carbocycles. The van der Waals surface area contributed by atoms with Gasteiger partial charge in [-0.1, -0.05) is 30.0 Å². The molecule has 4 rings (SSSR count). The lowest BCUT2D eigenvalue weighted by Crippen LogP contribution is -2.23. The molecule has 0 aliphatic heterocycles. The average molecular weight is 460 g/mol. The topological polar surface area (TPSA) is 81.9 Å². The number of carbonyl (C=O) groups is 1. The van der Waals surface area contributed by atoms with E-state index in [1.807, 2.05) is 86.0 Å². The first-order chi connectivity index (χ1) is 16.1. The van der Waals surface area contributed by atoms with Crippen molar-refractivity contribution in [3.63, 3.8) is 0 Å². The van der Waals surface area contributed by atoms with Crippen LogP contribution in [0.2, 0.25) is 0 Å². The highest BCUT2D eigenvalue weighted by Gasteiger charge is 2.22. The molecule has 1 unspecified atom stereocenters. The maximum absolute atomic E-state index is 12.9. The van der Waals surface area contributed by atoms with Crippen molar-refractivity contribution in [2.24, 2.45) is 0 Å². The highest BCUT2D eigenvalue weighted by molar-refractivity contribution is 8.00. The third-order valence-corrected chi connectivity index (χ3v) is 6.07. The van der Waals surface area contributed by atoms with E-state index in [1.54, 1.807) is 12.4 Å². The molecule has 0 radical (unpaired) electrons. The number of hydrogen-bond donors (Lipinski definition) is 1. The smallest absolute Gasteiger partial charge is 0.237 e. The van der Waals surface area contributed by atoms with Gasteiger partial charge in [-0.3, -0.25) is 14.3 Å². The van der Waals surface area contributed by atoms with Crippen LogP contribution in [0.15, 0.2) is 78.2 Å². The molecule has 0 bridgehead atoms. The average Bonchev–Trinajstić information content (AvgIpc) is 3.25. The molecule has 0 spiro atoms. The third-order valence-electron chi connectivity index (χ3n) is 5.03. The Morgan fingerprint density at radius 1 is 1.06 bits per heavy atom. The Hall–Kier alpha value is -3.65. The number of hydrogen-bond acceptors (Lipinski definition) is 6. The predicted octanol–water partition coefficient (Wildman–Crippen LogP) is 5.16. The molecule has 7 nitrogen and oxygen atoms in total. The van der Waals surface area contributed by atoms with Crippen LogP contribution < -0.4 is 10.1 Å². The number of aryl methyl sites for hydroxylation is 1. The summed E-state index contributed by atoms with van der Waals surface area (Å²) in [5.41, 5.74) is 3.58. The summed E-state index contributed by atoms with van der Waals surface area (Å²) < 4.78 is 7.53. The number of carbonyl (C=O) groups excluding carboxylic acids is 1. The predicted molar refractivity (Wildman–Crippen MR) is 131 cm³/mol. The van der Waals surface area contributed by atoms with E-state index in [2.05, 4.69) is 20.5 Å². The fraction of sp³-hybridized carbons (Fsp3) is 0.200. The number of aromatic nitrogens is 4. The molecule has 1 atom stereocenters. The standard InChI is InChI=1S/C25H25N5O2S/c1-4-32-21-11-9-20(10-12-21)30-23(19-13-15-26-16-14-19)28-29-25(30)33-18(3)24(31)27-22-8-6-5-7-17(22)2/h5-16,18H,4H2,1-3H3,(H,27,31). The first-order valence-electron chi connectivity index (χ1n) is 10.7. The van der Waals surface area contributed by atoms with Crippen molar-refractivity contribution < 1.29 is 9.53 Å². The molecular formula is C25H25N5O2S. The lowest BCUT2D eigenvalue weighted by molar-refractivity contribution is -0.115. The number of thioether (sulfide) groups is 1. The van der Waals surface area contributed by atoms with Gasteiger partial charge < -0.3 is 10.1 Å². The van der Waals surface area contributed by atoms with Crippen LogP contribution in [0.25, 0.3) is 17.1 Å². The van der Waals surface area contributed by atoms with Gasteiger partial charge in [0.25, 0.3) is 0 Å². The number of amides is 1. The summed E-state index contributed by atoms with van der Waals surface area (Å²) in [7, 11) is 0. The number of benzene rings is 2. The SMILES string of the molecule is CCOc1ccc(-n2c(SC(C)C(=O)Nc3ccccc3C)nnc2-c2ccncc2)cc1. The Bertz CT molecular complexity index is 1230. The van der Waals surface area contributed by atoms with E-state index in [9.17, 15) is 4.79 Å². The molecule has 0 aliphatic carbocycles. The maximum Gasteiger partial charge on any atom is 0.237 e. The first-order valence-corrected chi connectivity index (χ1v) is 11.6. The number of nitrogens with zero attached hydrogens (tertiary/aromatic N) is 4. The highest BCUT2D eigenvalue weighted by Crippen LogP contribution is 2.31. The summed E-state index contributed by atoms with van der Waals surface area (Å²) in [6, 6.07) is 19.2. The van der Waals surface area contributed by atoms with Gasteiger partial charge in [0.2, 0.25) is 5.91 Å². The zero-order valence-electron chi connectivity index (χ0n) is 18.7. The van der Waals surface area contributed by atoms with Gasteiger partial charge >= 0.3 is 0 Å². The summed E-state index contributed by atoms with van der Waals surface area (Å²) in [6.07, 6.45) is 3.44. The Balaban J connectivity index is 1.64. The molecule has 4 aromatic rings. The molecule has 0 fully saturated rings. The van der Waals surface area contributed by atoms with Gasteiger partial charge in [-0.05, 0) is 68.8 Å². The molecular weight excluding hydrogens is 434 g/mol. The second-order valence-corrected chi connectivity index (χ2v) is 8.68. The van der Waals surface area contributed by atoms with Crippen molar-refractivity contribution in [1.29, 1.82) is 0 Å². The van der Waals surface area contributed by atoms with E-state index in [1.165, 1.54) is 11.8 Å². The van der Waals surface area contributed by atoms with Gasteiger partial charge in [0.1, 0.15) is 5.75 Å². The zero-order valence-corrected chi connectivity index (χ0v) is 19.5. The van der Waals surface area contributed by atoms with Crippen LogP contribution >= 0.6 is 11.8 Å². The second kappa shape index (κ2) is 10.3. The number of nitrogens with one attached hydrogen (secondary N) is 1. The van der Waals surface area contributed by atoms with E-state index in [-0.39, 0.29) is 11.2 Å². The summed E-state index contributed by atoms with van der Waals surface area (Å²) >= 11 is 1.36. The van der Waals surface area contributed by atoms with Gasteiger partial charge in [0.05, 0.1) is 11.9 Å². The number of para-hydroxylation sites is 1. The molecule has 0 saturated heterocycles. The molecule has 1 amide bonds. The van der Waals surface area contributed by atoms with Crippen molar-refractivity contribution in [2.75, 3.05) is 11.9 Å². The van der Waals surface area contributed by atoms with Gasteiger partial charge in [-0.15, -0.1) is 10.2 Å².